The van der Waals surface area contributed by atoms with Crippen LogP contribution in [0.4, 0.5) is 0 Å². The summed E-state index contributed by atoms with van der Waals surface area (Å²) in [5.41, 5.74) is 0. The lowest BCUT2D eigenvalue weighted by Gasteiger charge is -2.41. The van der Waals surface area contributed by atoms with Gasteiger partial charge in [-0.15, -0.1) is 0 Å². The molecule has 0 fully saturated rings. The summed E-state index contributed by atoms with van der Waals surface area (Å²) in [6.07, 6.45) is -1.12. The normalized spacial score (nSPS) is 16.6. The minimum absolute atomic E-state index is 0.236. The molecule has 0 aromatic carbocycles. The number of hydrogen-bond donors (Lipinski definition) is 2. The van der Waals surface area contributed by atoms with Gasteiger partial charge in [0, 0.05) is 25.2 Å². The second-order valence-electron chi connectivity index (χ2n) is 7.22. The number of rotatable bonds is 13. The number of aliphatic hydroxyl groups excluding tert-OH is 2. The Morgan fingerprint density at radius 2 is 1.08 bits per heavy atom. The van der Waals surface area contributed by atoms with Crippen LogP contribution in [0.25, 0.3) is 0 Å². The molecule has 3 atom stereocenters. The van der Waals surface area contributed by atoms with E-state index in [4.69, 9.17) is 0 Å². The predicted molar refractivity (Wildman–Crippen MR) is 103 cm³/mol. The van der Waals surface area contributed by atoms with Crippen LogP contribution in [0.5, 0.6) is 0 Å². The summed E-state index contributed by atoms with van der Waals surface area (Å²) in [7, 11) is 0. The highest BCUT2D eigenvalue weighted by Gasteiger charge is 2.33. The quantitative estimate of drug-likeness (QED) is 0.534. The van der Waals surface area contributed by atoms with Crippen LogP contribution in [0.3, 0.4) is 0 Å². The number of nitrogens with zero attached hydrogens (tertiary/aromatic N) is 3. The maximum atomic E-state index is 11.0. The fraction of sp³-hybridized carbons (Fsp3) is 1.00. The molecule has 0 aromatic heterocycles. The Morgan fingerprint density at radius 1 is 0.667 bits per heavy atom. The first-order valence-electron chi connectivity index (χ1n) is 9.81. The highest BCUT2D eigenvalue weighted by atomic mass is 16.3. The second-order valence-corrected chi connectivity index (χ2v) is 7.22. The van der Waals surface area contributed by atoms with Crippen molar-refractivity contribution in [3.05, 3.63) is 0 Å². The lowest BCUT2D eigenvalue weighted by atomic mass is 10.00. The molecule has 0 aliphatic heterocycles. The fourth-order valence-electron chi connectivity index (χ4n) is 3.58. The van der Waals surface area contributed by atoms with E-state index in [1.807, 2.05) is 0 Å². The summed E-state index contributed by atoms with van der Waals surface area (Å²) in [4.78, 5) is 6.71. The van der Waals surface area contributed by atoms with Gasteiger partial charge < -0.3 is 15.1 Å². The van der Waals surface area contributed by atoms with Gasteiger partial charge in [-0.1, -0.05) is 27.7 Å². The van der Waals surface area contributed by atoms with Crippen LogP contribution in [0.1, 0.15) is 55.4 Å². The molecule has 0 spiro atoms. The Labute approximate surface area is 150 Å². The lowest BCUT2D eigenvalue weighted by molar-refractivity contribution is -0.0532. The van der Waals surface area contributed by atoms with E-state index in [0.29, 0.717) is 25.2 Å². The second kappa shape index (κ2) is 12.2. The summed E-state index contributed by atoms with van der Waals surface area (Å²) in [5.74, 6) is 0. The van der Waals surface area contributed by atoms with Gasteiger partial charge in [-0.25, -0.2) is 0 Å². The van der Waals surface area contributed by atoms with Gasteiger partial charge in [0.1, 0.15) is 0 Å². The molecule has 5 heteroatoms. The topological polar surface area (TPSA) is 50.2 Å². The van der Waals surface area contributed by atoms with Crippen molar-refractivity contribution < 1.29 is 10.2 Å². The van der Waals surface area contributed by atoms with E-state index >= 15 is 0 Å². The molecule has 0 radical (unpaired) electrons. The molecule has 0 heterocycles. The van der Waals surface area contributed by atoms with Crippen LogP contribution in [0.15, 0.2) is 0 Å². The van der Waals surface area contributed by atoms with Gasteiger partial charge in [0.2, 0.25) is 0 Å². The molecule has 0 aliphatic rings. The number of likely N-dealkylation sites (N-methyl/N-ethyl adjacent to an activating group) is 2. The monoisotopic (exact) mass is 345 g/mol. The molecule has 0 bridgehead atoms. The van der Waals surface area contributed by atoms with Crippen LogP contribution in [0, 0.1) is 0 Å². The molecule has 24 heavy (non-hydrogen) atoms. The first-order chi connectivity index (χ1) is 11.2. The van der Waals surface area contributed by atoms with Crippen LogP contribution >= 0.6 is 0 Å². The maximum Gasteiger partial charge on any atom is 0.0847 e. The molecule has 146 valence electrons. The van der Waals surface area contributed by atoms with E-state index in [9.17, 15) is 10.2 Å². The summed E-state index contributed by atoms with van der Waals surface area (Å²) in [6, 6.07) is 0.509. The molecular formula is C19H43N3O2. The standard InChI is InChI=1S/C19H43N3O2/c1-9-20(10-2)13-17(23)19(21(11-3)12-4)18(24)14-22(15(5)6)16(7)8/h15-19,23-24H,9-14H2,1-8H3. The molecule has 0 aliphatic carbocycles. The van der Waals surface area contributed by atoms with E-state index in [-0.39, 0.29) is 6.04 Å². The summed E-state index contributed by atoms with van der Waals surface area (Å²) in [5, 5.41) is 21.8. The van der Waals surface area contributed by atoms with Gasteiger partial charge in [-0.2, -0.15) is 0 Å². The van der Waals surface area contributed by atoms with Gasteiger partial charge in [-0.3, -0.25) is 9.80 Å². The van der Waals surface area contributed by atoms with Crippen molar-refractivity contribution in [3.8, 4) is 0 Å². The van der Waals surface area contributed by atoms with Gasteiger partial charge in [0.15, 0.2) is 0 Å². The van der Waals surface area contributed by atoms with E-state index in [2.05, 4.69) is 70.1 Å². The number of aliphatic hydroxyl groups is 2. The molecular weight excluding hydrogens is 302 g/mol. The van der Waals surface area contributed by atoms with Gasteiger partial charge in [0.05, 0.1) is 18.2 Å². The van der Waals surface area contributed by atoms with Crippen molar-refractivity contribution in [1.29, 1.82) is 0 Å². The lowest BCUT2D eigenvalue weighted by Crippen LogP contribution is -2.58. The molecule has 3 unspecified atom stereocenters. The molecule has 2 N–H and O–H groups in total. The van der Waals surface area contributed by atoms with Crippen molar-refractivity contribution >= 4 is 0 Å². The minimum atomic E-state index is -0.569. The first kappa shape index (κ1) is 23.8. The molecule has 0 amide bonds. The van der Waals surface area contributed by atoms with Crippen LogP contribution in [-0.2, 0) is 0 Å². The fourth-order valence-corrected chi connectivity index (χ4v) is 3.58. The molecule has 0 aromatic rings. The van der Waals surface area contributed by atoms with Crippen molar-refractivity contribution in [3.63, 3.8) is 0 Å². The van der Waals surface area contributed by atoms with Crippen LogP contribution < -0.4 is 0 Å². The van der Waals surface area contributed by atoms with E-state index in [0.717, 1.165) is 26.2 Å². The largest absolute Gasteiger partial charge is 0.390 e. The van der Waals surface area contributed by atoms with Crippen LogP contribution in [-0.4, -0.2) is 94.5 Å². The molecule has 0 saturated heterocycles. The number of hydrogen-bond acceptors (Lipinski definition) is 5. The Morgan fingerprint density at radius 3 is 1.42 bits per heavy atom. The predicted octanol–water partition coefficient (Wildman–Crippen LogP) is 1.88. The van der Waals surface area contributed by atoms with E-state index < -0.39 is 12.2 Å². The van der Waals surface area contributed by atoms with Gasteiger partial charge >= 0.3 is 0 Å². The smallest absolute Gasteiger partial charge is 0.0847 e. The SMILES string of the molecule is CCN(CC)CC(O)C(C(O)CN(C(C)C)C(C)C)N(CC)CC. The first-order valence-corrected chi connectivity index (χ1v) is 9.81. The Balaban J connectivity index is 5.23. The molecule has 5 nitrogen and oxygen atoms in total. The third-order valence-electron chi connectivity index (χ3n) is 5.09. The third kappa shape index (κ3) is 7.36. The van der Waals surface area contributed by atoms with Crippen molar-refractivity contribution in [1.82, 2.24) is 14.7 Å². The minimum Gasteiger partial charge on any atom is -0.390 e. The molecule has 0 rings (SSSR count). The van der Waals surface area contributed by atoms with E-state index in [1.165, 1.54) is 0 Å². The zero-order valence-corrected chi connectivity index (χ0v) is 17.4. The maximum absolute atomic E-state index is 11.0. The highest BCUT2D eigenvalue weighted by Crippen LogP contribution is 2.15. The average Bonchev–Trinajstić information content (AvgIpc) is 2.53. The van der Waals surface area contributed by atoms with Crippen LogP contribution in [0.2, 0.25) is 0 Å². The summed E-state index contributed by atoms with van der Waals surface area (Å²) >= 11 is 0. The van der Waals surface area contributed by atoms with E-state index in [1.54, 1.807) is 0 Å². The zero-order valence-electron chi connectivity index (χ0n) is 17.4. The van der Waals surface area contributed by atoms with Gasteiger partial charge in [-0.05, 0) is 53.9 Å². The van der Waals surface area contributed by atoms with Crippen molar-refractivity contribution in [2.24, 2.45) is 0 Å². The Bertz CT molecular complexity index is 297. The highest BCUT2D eigenvalue weighted by molar-refractivity contribution is 4.89. The summed E-state index contributed by atoms with van der Waals surface area (Å²) in [6.45, 7) is 21.7. The molecule has 0 saturated carbocycles. The van der Waals surface area contributed by atoms with Crippen molar-refractivity contribution in [2.75, 3.05) is 39.3 Å². The third-order valence-corrected chi connectivity index (χ3v) is 5.09. The Kier molecular flexibility index (Phi) is 12.1. The average molecular weight is 346 g/mol. The van der Waals surface area contributed by atoms with Gasteiger partial charge in [0.25, 0.3) is 0 Å². The zero-order chi connectivity index (χ0) is 18.9. The summed E-state index contributed by atoms with van der Waals surface area (Å²) < 4.78 is 0. The van der Waals surface area contributed by atoms with Crippen molar-refractivity contribution in [2.45, 2.75) is 85.7 Å². The Hall–Kier alpha value is -0.200.